The molecule has 0 amide bonds. The lowest BCUT2D eigenvalue weighted by molar-refractivity contribution is 0.0526. The van der Waals surface area contributed by atoms with Gasteiger partial charge in [-0.25, -0.2) is 14.2 Å². The number of halogens is 1. The van der Waals surface area contributed by atoms with E-state index in [1.54, 1.807) is 53.2 Å². The fourth-order valence-corrected chi connectivity index (χ4v) is 8.68. The Labute approximate surface area is 297 Å². The van der Waals surface area contributed by atoms with Crippen molar-refractivity contribution in [1.29, 1.82) is 0 Å². The number of aromatic nitrogens is 4. The van der Waals surface area contributed by atoms with Gasteiger partial charge in [-0.3, -0.25) is 4.57 Å². The molecule has 7 rings (SSSR count). The first-order valence-electron chi connectivity index (χ1n) is 16.3. The average Bonchev–Trinajstić information content (AvgIpc) is 3.74. The summed E-state index contributed by atoms with van der Waals surface area (Å²) in [4.78, 5) is 21.3. The minimum Gasteiger partial charge on any atom is -0.493 e. The lowest BCUT2D eigenvalue weighted by Crippen LogP contribution is -2.12. The van der Waals surface area contributed by atoms with Crippen LogP contribution in [0.5, 0.6) is 17.2 Å². The van der Waals surface area contributed by atoms with E-state index >= 15 is 4.39 Å². The molecule has 0 bridgehead atoms. The molecule has 3 heterocycles. The molecule has 50 heavy (non-hydrogen) atoms. The van der Waals surface area contributed by atoms with Crippen LogP contribution >= 0.6 is 23.1 Å². The van der Waals surface area contributed by atoms with Crippen molar-refractivity contribution in [3.05, 3.63) is 94.2 Å². The number of benzene rings is 3. The van der Waals surface area contributed by atoms with Crippen LogP contribution in [0.25, 0.3) is 38.4 Å². The number of carbonyl (C=O) groups is 1. The Morgan fingerprint density at radius 2 is 1.64 bits per heavy atom. The molecular formula is C38H35FN4O5S2. The second-order valence-corrected chi connectivity index (χ2v) is 13.6. The number of fused-ring (bicyclic) bond motifs is 3. The SMILES string of the molecule is CCOC(=O)c1c(CSc2nnc(-c3cc(OC)c(OC)c(OC)c3)n2-c2ccccc2F)nc2sc3c(c2c1-c1ccccc1)CCCC3. The number of methoxy groups -OCH3 is 3. The van der Waals surface area contributed by atoms with Crippen LogP contribution in [0.15, 0.2) is 71.9 Å². The Morgan fingerprint density at radius 1 is 0.920 bits per heavy atom. The van der Waals surface area contributed by atoms with Gasteiger partial charge in [0, 0.05) is 27.1 Å². The molecule has 256 valence electrons. The number of carbonyl (C=O) groups excluding carboxylic acids is 1. The van der Waals surface area contributed by atoms with E-state index in [4.69, 9.17) is 23.9 Å². The summed E-state index contributed by atoms with van der Waals surface area (Å²) < 4.78 is 39.6. The fourth-order valence-electron chi connectivity index (χ4n) is 6.50. The van der Waals surface area contributed by atoms with Crippen LogP contribution in [-0.2, 0) is 23.3 Å². The normalized spacial score (nSPS) is 12.5. The Bertz CT molecular complexity index is 2180. The summed E-state index contributed by atoms with van der Waals surface area (Å²) in [5.74, 6) is 0.981. The zero-order chi connectivity index (χ0) is 34.8. The highest BCUT2D eigenvalue weighted by molar-refractivity contribution is 7.98. The smallest absolute Gasteiger partial charge is 0.340 e. The van der Waals surface area contributed by atoms with Crippen molar-refractivity contribution in [1.82, 2.24) is 19.7 Å². The van der Waals surface area contributed by atoms with Crippen LogP contribution in [-0.4, -0.2) is 53.7 Å². The van der Waals surface area contributed by atoms with Crippen LogP contribution in [0.1, 0.15) is 46.3 Å². The van der Waals surface area contributed by atoms with Gasteiger partial charge in [0.15, 0.2) is 22.5 Å². The van der Waals surface area contributed by atoms with Gasteiger partial charge >= 0.3 is 5.97 Å². The molecule has 12 heteroatoms. The van der Waals surface area contributed by atoms with Gasteiger partial charge in [-0.1, -0.05) is 54.2 Å². The summed E-state index contributed by atoms with van der Waals surface area (Å²) >= 11 is 3.02. The van der Waals surface area contributed by atoms with E-state index in [1.165, 1.54) is 49.6 Å². The van der Waals surface area contributed by atoms with Crippen molar-refractivity contribution in [2.24, 2.45) is 0 Å². The van der Waals surface area contributed by atoms with Crippen LogP contribution in [0.4, 0.5) is 4.39 Å². The van der Waals surface area contributed by atoms with E-state index in [0.717, 1.165) is 47.0 Å². The molecule has 1 aliphatic rings. The second kappa shape index (κ2) is 14.5. The quantitative estimate of drug-likeness (QED) is 0.0966. The number of thioether (sulfide) groups is 1. The first kappa shape index (κ1) is 33.6. The predicted octanol–water partition coefficient (Wildman–Crippen LogP) is 8.72. The molecule has 3 aromatic carbocycles. The summed E-state index contributed by atoms with van der Waals surface area (Å²) in [6, 6.07) is 19.9. The summed E-state index contributed by atoms with van der Waals surface area (Å²) in [5, 5.41) is 10.5. The van der Waals surface area contributed by atoms with Gasteiger partial charge in [0.05, 0.1) is 44.9 Å². The van der Waals surface area contributed by atoms with E-state index in [9.17, 15) is 4.79 Å². The summed E-state index contributed by atoms with van der Waals surface area (Å²) in [6.07, 6.45) is 4.18. The molecule has 9 nitrogen and oxygen atoms in total. The maximum Gasteiger partial charge on any atom is 0.340 e. The van der Waals surface area contributed by atoms with Crippen LogP contribution in [0.3, 0.4) is 0 Å². The standard InChI is InChI=1S/C38H35FN4O5S2/c1-5-48-37(44)33-26(40-36-32(24-15-9-12-18-30(24)50-36)31(33)22-13-7-6-8-14-22)21-49-38-42-41-35(43(38)27-17-11-10-16-25(27)39)23-19-28(45-2)34(47-4)29(20-23)46-3/h6-8,10-11,13-14,16-17,19-20H,5,9,12,15,18,21H2,1-4H3. The minimum absolute atomic E-state index is 0.221. The number of para-hydroxylation sites is 1. The lowest BCUT2D eigenvalue weighted by atomic mass is 9.90. The summed E-state index contributed by atoms with van der Waals surface area (Å²) in [6.45, 7) is 2.02. The number of hydrogen-bond acceptors (Lipinski definition) is 10. The van der Waals surface area contributed by atoms with Gasteiger partial charge in [0.1, 0.15) is 10.6 Å². The number of rotatable bonds is 11. The molecule has 0 unspecified atom stereocenters. The Morgan fingerprint density at radius 3 is 2.34 bits per heavy atom. The van der Waals surface area contributed by atoms with E-state index in [1.807, 2.05) is 30.3 Å². The number of thiophene rings is 1. The first-order valence-corrected chi connectivity index (χ1v) is 18.1. The monoisotopic (exact) mass is 710 g/mol. The topological polar surface area (TPSA) is 97.6 Å². The van der Waals surface area contributed by atoms with Crippen molar-refractivity contribution in [3.63, 3.8) is 0 Å². The number of hydrogen-bond donors (Lipinski definition) is 0. The van der Waals surface area contributed by atoms with Crippen molar-refractivity contribution in [3.8, 4) is 45.5 Å². The number of aryl methyl sites for hydroxylation is 2. The maximum atomic E-state index is 15.6. The third-order valence-corrected chi connectivity index (χ3v) is 10.8. The van der Waals surface area contributed by atoms with Gasteiger partial charge in [-0.15, -0.1) is 21.5 Å². The molecule has 6 aromatic rings. The molecule has 0 spiro atoms. The van der Waals surface area contributed by atoms with Crippen molar-refractivity contribution in [2.75, 3.05) is 27.9 Å². The van der Waals surface area contributed by atoms with Gasteiger partial charge in [0.25, 0.3) is 0 Å². The third kappa shape index (κ3) is 6.07. The Kier molecular flexibility index (Phi) is 9.73. The lowest BCUT2D eigenvalue weighted by Gasteiger charge is -2.18. The average molecular weight is 711 g/mol. The summed E-state index contributed by atoms with van der Waals surface area (Å²) in [7, 11) is 4.59. The van der Waals surface area contributed by atoms with Gasteiger partial charge in [-0.2, -0.15) is 0 Å². The number of esters is 1. The molecule has 0 saturated carbocycles. The second-order valence-electron chi connectivity index (χ2n) is 11.6. The molecular weight excluding hydrogens is 676 g/mol. The number of ether oxygens (including phenoxy) is 4. The van der Waals surface area contributed by atoms with Gasteiger partial charge < -0.3 is 18.9 Å². The van der Waals surface area contributed by atoms with Crippen LogP contribution in [0.2, 0.25) is 0 Å². The molecule has 1 aliphatic carbocycles. The Hall–Kier alpha value is -4.94. The van der Waals surface area contributed by atoms with Crippen molar-refractivity contribution in [2.45, 2.75) is 43.5 Å². The van der Waals surface area contributed by atoms with E-state index in [-0.39, 0.29) is 18.0 Å². The molecule has 0 saturated heterocycles. The van der Waals surface area contributed by atoms with Gasteiger partial charge in [-0.05, 0) is 68.0 Å². The number of pyridine rings is 1. The first-order chi connectivity index (χ1) is 24.5. The largest absolute Gasteiger partial charge is 0.493 e. The summed E-state index contributed by atoms with van der Waals surface area (Å²) in [5.41, 5.74) is 4.89. The predicted molar refractivity (Wildman–Crippen MR) is 194 cm³/mol. The Balaban J connectivity index is 1.40. The molecule has 0 fully saturated rings. The van der Waals surface area contributed by atoms with Crippen LogP contribution in [0, 0.1) is 5.82 Å². The molecule has 0 atom stereocenters. The van der Waals surface area contributed by atoms with E-state index < -0.39 is 11.8 Å². The molecule has 0 radical (unpaired) electrons. The highest BCUT2D eigenvalue weighted by atomic mass is 32.2. The zero-order valence-corrected chi connectivity index (χ0v) is 29.8. The highest BCUT2D eigenvalue weighted by Gasteiger charge is 2.29. The van der Waals surface area contributed by atoms with Crippen LogP contribution < -0.4 is 14.2 Å². The van der Waals surface area contributed by atoms with E-state index in [2.05, 4.69) is 10.2 Å². The highest BCUT2D eigenvalue weighted by Crippen LogP contribution is 2.45. The number of nitrogens with zero attached hydrogens (tertiary/aromatic N) is 4. The van der Waals surface area contributed by atoms with Gasteiger partial charge in [0.2, 0.25) is 5.75 Å². The fraction of sp³-hybridized carbons (Fsp3) is 0.263. The van der Waals surface area contributed by atoms with E-state index in [0.29, 0.717) is 45.1 Å². The van der Waals surface area contributed by atoms with Crippen molar-refractivity contribution >= 4 is 39.3 Å². The molecule has 3 aromatic heterocycles. The third-order valence-electron chi connectivity index (χ3n) is 8.71. The van der Waals surface area contributed by atoms with Crippen molar-refractivity contribution < 1.29 is 28.1 Å². The molecule has 0 aliphatic heterocycles. The minimum atomic E-state index is -0.454. The zero-order valence-electron chi connectivity index (χ0n) is 28.1. The molecule has 0 N–H and O–H groups in total. The maximum absolute atomic E-state index is 15.6.